The van der Waals surface area contributed by atoms with Gasteiger partial charge in [0.2, 0.25) is 0 Å². The molecular weight excluding hydrogens is 615 g/mol. The number of hydrogen-bond acceptors (Lipinski definition) is 1. The van der Waals surface area contributed by atoms with E-state index in [0.29, 0.717) is 0 Å². The predicted octanol–water partition coefficient (Wildman–Crippen LogP) is 13.0. The number of anilines is 3. The Bertz CT molecular complexity index is 2520. The lowest BCUT2D eigenvalue weighted by molar-refractivity contribution is 0.563. The van der Waals surface area contributed by atoms with Gasteiger partial charge in [-0.2, -0.15) is 0 Å². The first-order chi connectivity index (χ1) is 25.1. The Morgan fingerprint density at radius 1 is 0.373 bits per heavy atom. The molecule has 2 aliphatic rings. The number of para-hydroxylation sites is 2. The van der Waals surface area contributed by atoms with Gasteiger partial charge in [0.05, 0.1) is 11.1 Å². The van der Waals surface area contributed by atoms with Gasteiger partial charge < -0.3 is 4.90 Å². The normalized spacial score (nSPS) is 14.4. The smallest absolute Gasteiger partial charge is 0.0719 e. The molecule has 0 bridgehead atoms. The minimum Gasteiger partial charge on any atom is -0.310 e. The average molecular weight is 652 g/mol. The third-order valence-corrected chi connectivity index (χ3v) is 11.5. The van der Waals surface area contributed by atoms with Crippen molar-refractivity contribution in [2.45, 2.75) is 24.7 Å². The zero-order chi connectivity index (χ0) is 34.2. The Morgan fingerprint density at radius 3 is 1.49 bits per heavy atom. The Morgan fingerprint density at radius 2 is 0.863 bits per heavy atom. The highest BCUT2D eigenvalue weighted by Crippen LogP contribution is 2.62. The van der Waals surface area contributed by atoms with Gasteiger partial charge in [0, 0.05) is 22.2 Å². The molecule has 8 aromatic carbocycles. The monoisotopic (exact) mass is 651 g/mol. The van der Waals surface area contributed by atoms with E-state index in [9.17, 15) is 0 Å². The van der Waals surface area contributed by atoms with E-state index in [0.717, 1.165) is 17.1 Å². The molecule has 242 valence electrons. The van der Waals surface area contributed by atoms with Crippen LogP contribution in [0.5, 0.6) is 0 Å². The summed E-state index contributed by atoms with van der Waals surface area (Å²) in [6.45, 7) is 4.77. The van der Waals surface area contributed by atoms with Crippen molar-refractivity contribution in [3.63, 3.8) is 0 Å². The maximum atomic E-state index is 2.52. The van der Waals surface area contributed by atoms with Crippen molar-refractivity contribution in [1.29, 1.82) is 0 Å². The summed E-state index contributed by atoms with van der Waals surface area (Å²) in [5.41, 5.74) is 16.2. The van der Waals surface area contributed by atoms with E-state index in [1.54, 1.807) is 0 Å². The minimum absolute atomic E-state index is 0.128. The maximum absolute atomic E-state index is 2.52. The predicted molar refractivity (Wildman–Crippen MR) is 213 cm³/mol. The van der Waals surface area contributed by atoms with Gasteiger partial charge in [-0.25, -0.2) is 0 Å². The topological polar surface area (TPSA) is 3.24 Å². The van der Waals surface area contributed by atoms with Crippen LogP contribution in [0.4, 0.5) is 17.1 Å². The van der Waals surface area contributed by atoms with Crippen molar-refractivity contribution < 1.29 is 0 Å². The van der Waals surface area contributed by atoms with Crippen molar-refractivity contribution in [2.75, 3.05) is 4.90 Å². The summed E-state index contributed by atoms with van der Waals surface area (Å²) in [5, 5.41) is 2.46. The van der Waals surface area contributed by atoms with Gasteiger partial charge in [-0.05, 0) is 97.4 Å². The molecule has 0 aromatic heterocycles. The molecule has 0 unspecified atom stereocenters. The number of hydrogen-bond donors (Lipinski definition) is 0. The van der Waals surface area contributed by atoms with Crippen LogP contribution in [0.15, 0.2) is 188 Å². The van der Waals surface area contributed by atoms with Gasteiger partial charge in [-0.1, -0.05) is 166 Å². The van der Waals surface area contributed by atoms with Crippen LogP contribution in [-0.2, 0) is 10.8 Å². The molecule has 8 aromatic rings. The standard InChI is InChI=1S/C50H37N/c1-49(2)42-26-11-13-28-44(42)50(45-29-14-12-27-43(45)49)41-25-10-9-23-39(41)40-32-31-35(33-46(40)50)38-24-15-17-34-18-16-30-47(48(34)38)51(36-19-5-3-6-20-36)37-21-7-4-8-22-37/h3-33H,1-2H3. The zero-order valence-corrected chi connectivity index (χ0v) is 28.8. The van der Waals surface area contributed by atoms with E-state index in [-0.39, 0.29) is 5.41 Å². The van der Waals surface area contributed by atoms with E-state index in [1.807, 2.05) is 0 Å². The van der Waals surface area contributed by atoms with Gasteiger partial charge in [-0.15, -0.1) is 0 Å². The average Bonchev–Trinajstić information content (AvgIpc) is 3.48. The van der Waals surface area contributed by atoms with Crippen molar-refractivity contribution >= 4 is 27.8 Å². The van der Waals surface area contributed by atoms with Crippen molar-refractivity contribution in [2.24, 2.45) is 0 Å². The Labute approximate surface area is 300 Å². The molecule has 10 rings (SSSR count). The first-order valence-electron chi connectivity index (χ1n) is 18.0. The lowest BCUT2D eigenvalue weighted by atomic mass is 9.55. The quantitative estimate of drug-likeness (QED) is 0.183. The largest absolute Gasteiger partial charge is 0.310 e. The number of rotatable bonds is 4. The van der Waals surface area contributed by atoms with Gasteiger partial charge in [-0.3, -0.25) is 0 Å². The minimum atomic E-state index is -0.432. The van der Waals surface area contributed by atoms with E-state index in [4.69, 9.17) is 0 Å². The van der Waals surface area contributed by atoms with Gasteiger partial charge >= 0.3 is 0 Å². The first kappa shape index (κ1) is 29.7. The van der Waals surface area contributed by atoms with Crippen molar-refractivity contribution in [3.8, 4) is 22.3 Å². The molecule has 1 spiro atoms. The summed E-state index contributed by atoms with van der Waals surface area (Å²) in [6.07, 6.45) is 0. The number of fused-ring (bicyclic) bond motifs is 10. The first-order valence-corrected chi connectivity index (χ1v) is 18.0. The molecule has 0 fully saturated rings. The van der Waals surface area contributed by atoms with Crippen molar-refractivity contribution in [1.82, 2.24) is 0 Å². The highest BCUT2D eigenvalue weighted by Gasteiger charge is 2.53. The van der Waals surface area contributed by atoms with Crippen molar-refractivity contribution in [3.05, 3.63) is 221 Å². The van der Waals surface area contributed by atoms with Gasteiger partial charge in [0.25, 0.3) is 0 Å². The lowest BCUT2D eigenvalue weighted by Crippen LogP contribution is -2.40. The Hall–Kier alpha value is -6.18. The second-order valence-electron chi connectivity index (χ2n) is 14.5. The SMILES string of the molecule is CC1(C)c2ccccc2C2(c3ccccc3-c3ccc(-c4cccc5cccc(N(c6ccccc6)c6ccccc6)c45)cc32)c2ccccc21. The number of benzene rings is 8. The summed E-state index contributed by atoms with van der Waals surface area (Å²) >= 11 is 0. The van der Waals surface area contributed by atoms with E-state index < -0.39 is 5.41 Å². The molecule has 0 N–H and O–H groups in total. The molecule has 51 heavy (non-hydrogen) atoms. The van der Waals surface area contributed by atoms with Crippen LogP contribution in [0.2, 0.25) is 0 Å². The maximum Gasteiger partial charge on any atom is 0.0719 e. The fourth-order valence-electron chi connectivity index (χ4n) is 9.36. The van der Waals surface area contributed by atoms with Crippen LogP contribution < -0.4 is 4.90 Å². The van der Waals surface area contributed by atoms with Gasteiger partial charge in [0.15, 0.2) is 0 Å². The second kappa shape index (κ2) is 11.2. The van der Waals surface area contributed by atoms with Crippen LogP contribution in [0.3, 0.4) is 0 Å². The van der Waals surface area contributed by atoms with Crippen LogP contribution in [0.1, 0.15) is 47.2 Å². The molecule has 0 heterocycles. The molecule has 0 atom stereocenters. The van der Waals surface area contributed by atoms with Crippen LogP contribution in [-0.4, -0.2) is 0 Å². The van der Waals surface area contributed by atoms with E-state index in [2.05, 4.69) is 207 Å². The molecule has 0 amide bonds. The molecule has 1 heteroatoms. The summed E-state index contributed by atoms with van der Waals surface area (Å²) in [7, 11) is 0. The molecule has 1 nitrogen and oxygen atoms in total. The van der Waals surface area contributed by atoms with Gasteiger partial charge in [0.1, 0.15) is 0 Å². The van der Waals surface area contributed by atoms with Crippen LogP contribution in [0.25, 0.3) is 33.0 Å². The van der Waals surface area contributed by atoms with E-state index >= 15 is 0 Å². The molecule has 2 aliphatic carbocycles. The molecule has 0 saturated heterocycles. The summed E-state index contributed by atoms with van der Waals surface area (Å²) in [4.78, 5) is 2.40. The molecule has 0 saturated carbocycles. The lowest BCUT2D eigenvalue weighted by Gasteiger charge is -2.46. The summed E-state index contributed by atoms with van der Waals surface area (Å²) in [5.74, 6) is 0. The molecule has 0 aliphatic heterocycles. The summed E-state index contributed by atoms with van der Waals surface area (Å²) < 4.78 is 0. The number of nitrogens with zero attached hydrogens (tertiary/aromatic N) is 1. The van der Waals surface area contributed by atoms with E-state index in [1.165, 1.54) is 66.4 Å². The Kier molecular flexibility index (Phi) is 6.51. The molecular formula is C50H37N. The second-order valence-corrected chi connectivity index (χ2v) is 14.5. The third-order valence-electron chi connectivity index (χ3n) is 11.5. The fraction of sp³-hybridized carbons (Fsp3) is 0.0800. The fourth-order valence-corrected chi connectivity index (χ4v) is 9.36. The third kappa shape index (κ3) is 4.15. The molecule has 0 radical (unpaired) electrons. The van der Waals surface area contributed by atoms with Crippen LogP contribution in [0, 0.1) is 0 Å². The van der Waals surface area contributed by atoms with Crippen LogP contribution >= 0.6 is 0 Å². The highest BCUT2D eigenvalue weighted by molar-refractivity contribution is 6.08. The Balaban J connectivity index is 1.28. The summed E-state index contributed by atoms with van der Waals surface area (Å²) in [6, 6.07) is 69.6. The highest BCUT2D eigenvalue weighted by atomic mass is 15.1. The zero-order valence-electron chi connectivity index (χ0n) is 28.8.